The SMILES string of the molecule is CCCCCCCCCCCCCCCCCCCCCCC(=O)OC(CCCCCC)CCCCCCC(=O)NCC(=O)O. The average Bonchev–Trinajstić information content (AvgIpc) is 3.02. The van der Waals surface area contributed by atoms with E-state index in [-0.39, 0.29) is 24.5 Å². The summed E-state index contributed by atoms with van der Waals surface area (Å²) in [6, 6.07) is 0. The molecular weight excluding hydrogens is 562 g/mol. The van der Waals surface area contributed by atoms with Gasteiger partial charge in [-0.3, -0.25) is 14.4 Å². The summed E-state index contributed by atoms with van der Waals surface area (Å²) >= 11 is 0. The molecule has 266 valence electrons. The first-order chi connectivity index (χ1) is 22.0. The number of carboxylic acid groups (broad SMARTS) is 1. The van der Waals surface area contributed by atoms with Crippen LogP contribution in [0.1, 0.15) is 219 Å². The summed E-state index contributed by atoms with van der Waals surface area (Å²) < 4.78 is 5.91. The first-order valence-electron chi connectivity index (χ1n) is 19.7. The molecule has 0 aromatic heterocycles. The molecular formula is C39H75NO5. The predicted molar refractivity (Wildman–Crippen MR) is 190 cm³/mol. The molecule has 0 radical (unpaired) electrons. The van der Waals surface area contributed by atoms with E-state index in [1.807, 2.05) is 0 Å². The summed E-state index contributed by atoms with van der Waals surface area (Å²) in [5, 5.41) is 11.0. The summed E-state index contributed by atoms with van der Waals surface area (Å²) in [5.41, 5.74) is 0. The molecule has 1 amide bonds. The number of hydrogen-bond acceptors (Lipinski definition) is 4. The van der Waals surface area contributed by atoms with Crippen LogP contribution in [0.15, 0.2) is 0 Å². The number of carbonyl (C=O) groups excluding carboxylic acids is 2. The van der Waals surface area contributed by atoms with Crippen molar-refractivity contribution in [1.29, 1.82) is 0 Å². The number of carboxylic acids is 1. The maximum absolute atomic E-state index is 12.5. The Morgan fingerprint density at radius 3 is 1.22 bits per heavy atom. The van der Waals surface area contributed by atoms with E-state index in [0.29, 0.717) is 12.8 Å². The number of aliphatic carboxylic acids is 1. The minimum atomic E-state index is -1.02. The molecule has 6 nitrogen and oxygen atoms in total. The highest BCUT2D eigenvalue weighted by molar-refractivity contribution is 5.80. The third kappa shape index (κ3) is 35.1. The molecule has 1 atom stereocenters. The Morgan fingerprint density at radius 1 is 0.489 bits per heavy atom. The van der Waals surface area contributed by atoms with Crippen molar-refractivity contribution in [2.24, 2.45) is 0 Å². The highest BCUT2D eigenvalue weighted by Crippen LogP contribution is 2.18. The van der Waals surface area contributed by atoms with Gasteiger partial charge in [0.05, 0.1) is 0 Å². The summed E-state index contributed by atoms with van der Waals surface area (Å²) in [6.07, 6.45) is 38.3. The van der Waals surface area contributed by atoms with Crippen molar-refractivity contribution in [1.82, 2.24) is 5.32 Å². The Morgan fingerprint density at radius 2 is 0.822 bits per heavy atom. The molecule has 0 saturated heterocycles. The van der Waals surface area contributed by atoms with Gasteiger partial charge in [-0.2, -0.15) is 0 Å². The maximum atomic E-state index is 12.5. The zero-order chi connectivity index (χ0) is 33.1. The van der Waals surface area contributed by atoms with Gasteiger partial charge in [0.2, 0.25) is 5.91 Å². The van der Waals surface area contributed by atoms with Crippen LogP contribution in [0.25, 0.3) is 0 Å². The smallest absolute Gasteiger partial charge is 0.322 e. The Kier molecular flexibility index (Phi) is 34.0. The van der Waals surface area contributed by atoms with Gasteiger partial charge in [-0.15, -0.1) is 0 Å². The highest BCUT2D eigenvalue weighted by atomic mass is 16.5. The number of ether oxygens (including phenoxy) is 1. The van der Waals surface area contributed by atoms with Crippen LogP contribution in [-0.4, -0.2) is 35.6 Å². The summed E-state index contributed by atoms with van der Waals surface area (Å²) in [5.74, 6) is -1.26. The van der Waals surface area contributed by atoms with E-state index >= 15 is 0 Å². The van der Waals surface area contributed by atoms with E-state index in [2.05, 4.69) is 19.2 Å². The number of rotatable bonds is 36. The zero-order valence-electron chi connectivity index (χ0n) is 30.0. The molecule has 0 aliphatic rings. The number of amides is 1. The number of carbonyl (C=O) groups is 3. The van der Waals surface area contributed by atoms with Crippen LogP contribution < -0.4 is 5.32 Å². The topological polar surface area (TPSA) is 92.7 Å². The van der Waals surface area contributed by atoms with Gasteiger partial charge < -0.3 is 15.2 Å². The molecule has 2 N–H and O–H groups in total. The van der Waals surface area contributed by atoms with Crippen molar-refractivity contribution in [3.8, 4) is 0 Å². The third-order valence-electron chi connectivity index (χ3n) is 9.03. The number of unbranched alkanes of at least 4 members (excludes halogenated alkanes) is 25. The van der Waals surface area contributed by atoms with Gasteiger partial charge in [-0.05, 0) is 38.5 Å². The molecule has 0 heterocycles. The highest BCUT2D eigenvalue weighted by Gasteiger charge is 2.14. The molecule has 1 unspecified atom stereocenters. The van der Waals surface area contributed by atoms with Gasteiger partial charge in [0, 0.05) is 12.8 Å². The fraction of sp³-hybridized carbons (Fsp3) is 0.923. The van der Waals surface area contributed by atoms with Crippen LogP contribution in [0.5, 0.6) is 0 Å². The second-order valence-electron chi connectivity index (χ2n) is 13.6. The van der Waals surface area contributed by atoms with Crippen LogP contribution in [-0.2, 0) is 19.1 Å². The lowest BCUT2D eigenvalue weighted by Crippen LogP contribution is -2.28. The lowest BCUT2D eigenvalue weighted by Gasteiger charge is -2.18. The van der Waals surface area contributed by atoms with Crippen molar-refractivity contribution in [2.75, 3.05) is 6.54 Å². The van der Waals surface area contributed by atoms with Crippen LogP contribution in [0.4, 0.5) is 0 Å². The van der Waals surface area contributed by atoms with Crippen LogP contribution in [0.3, 0.4) is 0 Å². The van der Waals surface area contributed by atoms with E-state index in [1.165, 1.54) is 135 Å². The first-order valence-corrected chi connectivity index (χ1v) is 19.7. The van der Waals surface area contributed by atoms with Gasteiger partial charge in [0.1, 0.15) is 12.6 Å². The molecule has 0 aromatic carbocycles. The molecule has 45 heavy (non-hydrogen) atoms. The van der Waals surface area contributed by atoms with E-state index in [4.69, 9.17) is 9.84 Å². The molecule has 0 saturated carbocycles. The largest absolute Gasteiger partial charge is 0.480 e. The molecule has 0 aromatic rings. The van der Waals surface area contributed by atoms with Gasteiger partial charge in [-0.1, -0.05) is 168 Å². The van der Waals surface area contributed by atoms with Crippen molar-refractivity contribution < 1.29 is 24.2 Å². The van der Waals surface area contributed by atoms with Crippen LogP contribution in [0.2, 0.25) is 0 Å². The number of nitrogens with one attached hydrogen (secondary N) is 1. The van der Waals surface area contributed by atoms with E-state index < -0.39 is 5.97 Å². The number of hydrogen-bond donors (Lipinski definition) is 2. The molecule has 0 aliphatic heterocycles. The maximum Gasteiger partial charge on any atom is 0.322 e. The Balaban J connectivity index is 3.73. The third-order valence-corrected chi connectivity index (χ3v) is 9.03. The van der Waals surface area contributed by atoms with Gasteiger partial charge >= 0.3 is 11.9 Å². The standard InChI is InChI=1S/C39H75NO5/c1-3-5-7-9-10-11-12-13-14-15-16-17-18-19-20-21-22-23-24-30-34-39(44)45-36(31-27-8-6-4-2)32-28-25-26-29-33-37(41)40-35-38(42)43/h36H,3-35H2,1-2H3,(H,40,41)(H,42,43). The van der Waals surface area contributed by atoms with Crippen molar-refractivity contribution in [2.45, 2.75) is 225 Å². The van der Waals surface area contributed by atoms with E-state index in [0.717, 1.165) is 57.8 Å². The summed E-state index contributed by atoms with van der Waals surface area (Å²) in [4.78, 5) is 34.7. The first kappa shape index (κ1) is 43.4. The quantitative estimate of drug-likeness (QED) is 0.0526. The molecule has 0 fully saturated rings. The minimum absolute atomic E-state index is 0.0123. The Hall–Kier alpha value is -1.59. The van der Waals surface area contributed by atoms with Crippen molar-refractivity contribution in [3.63, 3.8) is 0 Å². The lowest BCUT2D eigenvalue weighted by atomic mass is 10.0. The molecule has 0 aliphatic carbocycles. The number of esters is 1. The second kappa shape index (κ2) is 35.3. The average molecular weight is 638 g/mol. The predicted octanol–water partition coefficient (Wildman–Crippen LogP) is 11.6. The molecule has 0 bridgehead atoms. The van der Waals surface area contributed by atoms with Crippen LogP contribution >= 0.6 is 0 Å². The zero-order valence-corrected chi connectivity index (χ0v) is 30.0. The van der Waals surface area contributed by atoms with Gasteiger partial charge in [0.15, 0.2) is 0 Å². The fourth-order valence-electron chi connectivity index (χ4n) is 6.10. The van der Waals surface area contributed by atoms with Crippen molar-refractivity contribution >= 4 is 17.8 Å². The van der Waals surface area contributed by atoms with E-state index in [9.17, 15) is 14.4 Å². The summed E-state index contributed by atoms with van der Waals surface area (Å²) in [6.45, 7) is 4.18. The molecule has 6 heteroatoms. The monoisotopic (exact) mass is 638 g/mol. The van der Waals surface area contributed by atoms with Crippen LogP contribution in [0, 0.1) is 0 Å². The van der Waals surface area contributed by atoms with Gasteiger partial charge in [0.25, 0.3) is 0 Å². The summed E-state index contributed by atoms with van der Waals surface area (Å²) in [7, 11) is 0. The normalized spacial score (nSPS) is 11.9. The lowest BCUT2D eigenvalue weighted by molar-refractivity contribution is -0.150. The Bertz CT molecular complexity index is 668. The second-order valence-corrected chi connectivity index (χ2v) is 13.6. The Labute approximate surface area is 279 Å². The van der Waals surface area contributed by atoms with E-state index in [1.54, 1.807) is 0 Å². The van der Waals surface area contributed by atoms with Gasteiger partial charge in [-0.25, -0.2) is 0 Å². The minimum Gasteiger partial charge on any atom is -0.480 e. The fourth-order valence-corrected chi connectivity index (χ4v) is 6.10. The molecule has 0 rings (SSSR count). The van der Waals surface area contributed by atoms with Crippen molar-refractivity contribution in [3.05, 3.63) is 0 Å². The molecule has 0 spiro atoms.